The van der Waals surface area contributed by atoms with Gasteiger partial charge in [-0.05, 0) is 40.0 Å². The summed E-state index contributed by atoms with van der Waals surface area (Å²) in [5, 5.41) is 2.48. The van der Waals surface area contributed by atoms with Crippen molar-refractivity contribution >= 4 is 6.09 Å². The van der Waals surface area contributed by atoms with Crippen LogP contribution in [0.25, 0.3) is 0 Å². The highest BCUT2D eigenvalue weighted by atomic mass is 19.3. The lowest BCUT2D eigenvalue weighted by Gasteiger charge is -2.26. The number of ether oxygens (including phenoxy) is 1. The van der Waals surface area contributed by atoms with Crippen LogP contribution < -0.4 is 5.32 Å². The number of likely N-dealkylation sites (tertiary alicyclic amines) is 1. The molecule has 1 N–H and O–H groups in total. The molecule has 1 heterocycles. The number of carbonyl (C=O) groups is 1. The molecule has 1 aliphatic heterocycles. The Bertz CT molecular complexity index is 372. The Labute approximate surface area is 128 Å². The molecule has 4 nitrogen and oxygen atoms in total. The van der Waals surface area contributed by atoms with Crippen LogP contribution in [0.3, 0.4) is 0 Å². The third-order valence-electron chi connectivity index (χ3n) is 3.33. The molecule has 0 spiro atoms. The highest BCUT2D eigenvalue weighted by Crippen LogP contribution is 2.22. The molecular weight excluding hydrogens is 304 g/mol. The molecule has 0 aromatic rings. The van der Waals surface area contributed by atoms with Crippen LogP contribution >= 0.6 is 0 Å². The zero-order valence-electron chi connectivity index (χ0n) is 13.2. The fraction of sp³-hybridized carbons (Fsp3) is 0.929. The molecule has 1 amide bonds. The van der Waals surface area contributed by atoms with E-state index in [4.69, 9.17) is 4.74 Å². The number of carbonyl (C=O) groups excluding carboxylic acids is 1. The van der Waals surface area contributed by atoms with Crippen molar-refractivity contribution in [2.24, 2.45) is 0 Å². The summed E-state index contributed by atoms with van der Waals surface area (Å²) < 4.78 is 55.3. The first kappa shape index (κ1) is 19.0. The minimum absolute atomic E-state index is 0.308. The number of hydrogen-bond acceptors (Lipinski definition) is 3. The topological polar surface area (TPSA) is 41.6 Å². The fourth-order valence-corrected chi connectivity index (χ4v) is 2.17. The van der Waals surface area contributed by atoms with Gasteiger partial charge in [0.25, 0.3) is 0 Å². The van der Waals surface area contributed by atoms with Crippen molar-refractivity contribution in [3.63, 3.8) is 0 Å². The molecule has 130 valence electrons. The predicted molar refractivity (Wildman–Crippen MR) is 74.4 cm³/mol. The summed E-state index contributed by atoms with van der Waals surface area (Å²) in [7, 11) is 0. The number of rotatable bonds is 4. The maximum atomic E-state index is 12.9. The van der Waals surface area contributed by atoms with Gasteiger partial charge in [-0.25, -0.2) is 13.6 Å². The zero-order valence-corrected chi connectivity index (χ0v) is 13.2. The molecule has 1 fully saturated rings. The summed E-state index contributed by atoms with van der Waals surface area (Å²) in [6, 6.07) is -0.308. The maximum Gasteiger partial charge on any atom is 0.410 e. The monoisotopic (exact) mass is 328 g/mol. The Morgan fingerprint density at radius 2 is 1.91 bits per heavy atom. The SMILES string of the molecule is CC(C)(C)OC(=O)N1CCCC(NCC(F)(F)C(F)F)CC1. The van der Waals surface area contributed by atoms with Gasteiger partial charge in [0.1, 0.15) is 5.60 Å². The molecule has 1 unspecified atom stereocenters. The summed E-state index contributed by atoms with van der Waals surface area (Å²) in [5.74, 6) is -4.03. The average molecular weight is 328 g/mol. The van der Waals surface area contributed by atoms with Crippen LogP contribution in [0, 0.1) is 0 Å². The van der Waals surface area contributed by atoms with E-state index in [-0.39, 0.29) is 6.04 Å². The first-order valence-corrected chi connectivity index (χ1v) is 7.38. The van der Waals surface area contributed by atoms with E-state index >= 15 is 0 Å². The van der Waals surface area contributed by atoms with Crippen LogP contribution in [0.4, 0.5) is 22.4 Å². The van der Waals surface area contributed by atoms with Crippen LogP contribution in [0.15, 0.2) is 0 Å². The molecule has 0 radical (unpaired) electrons. The second-order valence-corrected chi connectivity index (χ2v) is 6.54. The molecular formula is C14H24F4N2O2. The molecule has 22 heavy (non-hydrogen) atoms. The molecule has 0 aromatic carbocycles. The van der Waals surface area contributed by atoms with Crippen molar-refractivity contribution in [3.8, 4) is 0 Å². The Morgan fingerprint density at radius 3 is 2.45 bits per heavy atom. The molecule has 0 saturated carbocycles. The summed E-state index contributed by atoms with van der Waals surface area (Å²) in [4.78, 5) is 13.5. The van der Waals surface area contributed by atoms with E-state index in [0.717, 1.165) is 0 Å². The van der Waals surface area contributed by atoms with Crippen LogP contribution in [-0.2, 0) is 4.74 Å². The van der Waals surface area contributed by atoms with E-state index in [1.807, 2.05) is 0 Å². The summed E-state index contributed by atoms with van der Waals surface area (Å²) in [6.45, 7) is 5.06. The van der Waals surface area contributed by atoms with Gasteiger partial charge in [-0.15, -0.1) is 0 Å². The quantitative estimate of drug-likeness (QED) is 0.806. The first-order valence-electron chi connectivity index (χ1n) is 7.38. The Balaban J connectivity index is 2.44. The van der Waals surface area contributed by atoms with Crippen molar-refractivity contribution in [2.75, 3.05) is 19.6 Å². The van der Waals surface area contributed by atoms with Crippen molar-refractivity contribution in [1.29, 1.82) is 0 Å². The largest absolute Gasteiger partial charge is 0.444 e. The van der Waals surface area contributed by atoms with E-state index in [0.29, 0.717) is 32.4 Å². The Morgan fingerprint density at radius 1 is 1.27 bits per heavy atom. The highest BCUT2D eigenvalue weighted by Gasteiger charge is 2.40. The lowest BCUT2D eigenvalue weighted by molar-refractivity contribution is -0.126. The summed E-state index contributed by atoms with van der Waals surface area (Å²) in [6.07, 6.45) is -2.52. The normalized spacial score (nSPS) is 20.9. The molecule has 0 bridgehead atoms. The minimum Gasteiger partial charge on any atom is -0.444 e. The number of nitrogens with one attached hydrogen (secondary N) is 1. The number of halogens is 4. The van der Waals surface area contributed by atoms with E-state index < -0.39 is 30.6 Å². The maximum absolute atomic E-state index is 12.9. The van der Waals surface area contributed by atoms with E-state index in [1.165, 1.54) is 4.90 Å². The van der Waals surface area contributed by atoms with Gasteiger partial charge < -0.3 is 15.0 Å². The smallest absolute Gasteiger partial charge is 0.410 e. The van der Waals surface area contributed by atoms with Crippen molar-refractivity contribution in [1.82, 2.24) is 10.2 Å². The average Bonchev–Trinajstić information content (AvgIpc) is 2.59. The Kier molecular flexibility index (Phi) is 6.46. The van der Waals surface area contributed by atoms with Gasteiger partial charge in [-0.2, -0.15) is 8.78 Å². The van der Waals surface area contributed by atoms with Crippen LogP contribution in [0.1, 0.15) is 40.0 Å². The van der Waals surface area contributed by atoms with Gasteiger partial charge in [0.05, 0.1) is 6.54 Å². The number of amides is 1. The molecule has 1 atom stereocenters. The number of alkyl halides is 4. The van der Waals surface area contributed by atoms with Crippen LogP contribution in [-0.4, -0.2) is 54.6 Å². The van der Waals surface area contributed by atoms with Crippen molar-refractivity contribution < 1.29 is 27.1 Å². The first-order chi connectivity index (χ1) is 10.0. The highest BCUT2D eigenvalue weighted by molar-refractivity contribution is 5.68. The van der Waals surface area contributed by atoms with Crippen molar-refractivity contribution in [2.45, 2.75) is 64.0 Å². The molecule has 1 aliphatic rings. The lowest BCUT2D eigenvalue weighted by atomic mass is 10.1. The standard InChI is InChI=1S/C14H24F4N2O2/c1-13(2,3)22-12(21)20-7-4-5-10(6-8-20)19-9-14(17,18)11(15)16/h10-11,19H,4-9H2,1-3H3. The minimum atomic E-state index is -4.03. The second kappa shape index (κ2) is 7.48. The molecule has 1 saturated heterocycles. The predicted octanol–water partition coefficient (Wildman–Crippen LogP) is 3.27. The summed E-state index contributed by atoms with van der Waals surface area (Å²) in [5.41, 5.74) is -0.597. The van der Waals surface area contributed by atoms with E-state index in [1.54, 1.807) is 20.8 Å². The van der Waals surface area contributed by atoms with E-state index in [9.17, 15) is 22.4 Å². The summed E-state index contributed by atoms with van der Waals surface area (Å²) >= 11 is 0. The van der Waals surface area contributed by atoms with Gasteiger partial charge in [0, 0.05) is 19.1 Å². The van der Waals surface area contributed by atoms with E-state index in [2.05, 4.69) is 5.32 Å². The molecule has 8 heteroatoms. The Hall–Kier alpha value is -1.05. The van der Waals surface area contributed by atoms with Gasteiger partial charge in [-0.3, -0.25) is 0 Å². The molecule has 0 aromatic heterocycles. The number of hydrogen-bond donors (Lipinski definition) is 1. The van der Waals surface area contributed by atoms with Crippen molar-refractivity contribution in [3.05, 3.63) is 0 Å². The third-order valence-corrected chi connectivity index (χ3v) is 3.33. The number of nitrogens with zero attached hydrogens (tertiary/aromatic N) is 1. The second-order valence-electron chi connectivity index (χ2n) is 6.54. The van der Waals surface area contributed by atoms with Gasteiger partial charge in [0.15, 0.2) is 0 Å². The molecule has 0 aliphatic carbocycles. The molecule has 1 rings (SSSR count). The van der Waals surface area contributed by atoms with Gasteiger partial charge in [-0.1, -0.05) is 0 Å². The van der Waals surface area contributed by atoms with Crippen LogP contribution in [0.5, 0.6) is 0 Å². The van der Waals surface area contributed by atoms with Gasteiger partial charge in [0.2, 0.25) is 0 Å². The van der Waals surface area contributed by atoms with Crippen LogP contribution in [0.2, 0.25) is 0 Å². The lowest BCUT2D eigenvalue weighted by Crippen LogP contribution is -2.43. The fourth-order valence-electron chi connectivity index (χ4n) is 2.17. The van der Waals surface area contributed by atoms with Gasteiger partial charge >= 0.3 is 18.4 Å². The third kappa shape index (κ3) is 6.37. The zero-order chi connectivity index (χ0) is 17.0.